The number of halogens is 1. The second-order valence-electron chi connectivity index (χ2n) is 6.27. The molecule has 0 radical (unpaired) electrons. The molecule has 0 saturated heterocycles. The van der Waals surface area contributed by atoms with Gasteiger partial charge < -0.3 is 14.5 Å². The Balaban J connectivity index is 1.50. The normalized spacial score (nSPS) is 11.9. The summed E-state index contributed by atoms with van der Waals surface area (Å²) in [5, 5.41) is 3.46. The molecule has 0 fully saturated rings. The van der Waals surface area contributed by atoms with Crippen LogP contribution in [0.15, 0.2) is 77.2 Å². The highest BCUT2D eigenvalue weighted by Gasteiger charge is 2.16. The van der Waals surface area contributed by atoms with E-state index < -0.39 is 6.10 Å². The number of hydrogen-bond donors (Lipinski definition) is 1. The molecule has 0 aliphatic heterocycles. The first kappa shape index (κ1) is 18.1. The molecule has 1 unspecified atom stereocenters. The SMILES string of the molecule is CC(Oc1ccccc1)C(=O)Nc1ccc2oc(-c3cccc(Cl)c3)nc2c1. The third-order valence-electron chi connectivity index (χ3n) is 4.15. The predicted octanol–water partition coefficient (Wildman–Crippen LogP) is 5.55. The molecule has 4 rings (SSSR count). The van der Waals surface area contributed by atoms with Gasteiger partial charge in [-0.3, -0.25) is 4.79 Å². The van der Waals surface area contributed by atoms with Gasteiger partial charge in [-0.15, -0.1) is 0 Å². The molecule has 6 heteroatoms. The summed E-state index contributed by atoms with van der Waals surface area (Å²) in [5.41, 5.74) is 2.68. The first-order valence-corrected chi connectivity index (χ1v) is 9.15. The van der Waals surface area contributed by atoms with Crippen molar-refractivity contribution < 1.29 is 13.9 Å². The largest absolute Gasteiger partial charge is 0.481 e. The minimum atomic E-state index is -0.641. The van der Waals surface area contributed by atoms with Crippen LogP contribution in [0.4, 0.5) is 5.69 Å². The molecule has 0 aliphatic carbocycles. The van der Waals surface area contributed by atoms with Crippen molar-refractivity contribution in [2.45, 2.75) is 13.0 Å². The number of oxazole rings is 1. The topological polar surface area (TPSA) is 64.4 Å². The lowest BCUT2D eigenvalue weighted by molar-refractivity contribution is -0.122. The smallest absolute Gasteiger partial charge is 0.265 e. The zero-order valence-electron chi connectivity index (χ0n) is 15.1. The lowest BCUT2D eigenvalue weighted by Gasteiger charge is -2.14. The van der Waals surface area contributed by atoms with Gasteiger partial charge in [0, 0.05) is 16.3 Å². The number of nitrogens with zero attached hydrogens (tertiary/aromatic N) is 1. The third kappa shape index (κ3) is 4.00. The van der Waals surface area contributed by atoms with Crippen LogP contribution in [0.3, 0.4) is 0 Å². The number of benzene rings is 3. The number of aromatic nitrogens is 1. The van der Waals surface area contributed by atoms with Gasteiger partial charge in [-0.25, -0.2) is 4.98 Å². The van der Waals surface area contributed by atoms with Gasteiger partial charge in [0.2, 0.25) is 5.89 Å². The molecule has 1 atom stereocenters. The van der Waals surface area contributed by atoms with Gasteiger partial charge in [-0.05, 0) is 55.5 Å². The number of anilines is 1. The van der Waals surface area contributed by atoms with E-state index in [1.807, 2.05) is 42.5 Å². The van der Waals surface area contributed by atoms with Gasteiger partial charge in [0.25, 0.3) is 5.91 Å². The van der Waals surface area contributed by atoms with Gasteiger partial charge in [-0.1, -0.05) is 35.9 Å². The fourth-order valence-corrected chi connectivity index (χ4v) is 2.94. The first-order valence-electron chi connectivity index (χ1n) is 8.77. The first-order chi connectivity index (χ1) is 13.6. The summed E-state index contributed by atoms with van der Waals surface area (Å²) in [4.78, 5) is 16.9. The molecule has 5 nitrogen and oxygen atoms in total. The Morgan fingerprint density at radius 1 is 1.07 bits per heavy atom. The summed E-state index contributed by atoms with van der Waals surface area (Å²) >= 11 is 6.03. The van der Waals surface area contributed by atoms with Gasteiger partial charge >= 0.3 is 0 Å². The minimum absolute atomic E-state index is 0.248. The highest BCUT2D eigenvalue weighted by atomic mass is 35.5. The van der Waals surface area contributed by atoms with E-state index in [2.05, 4.69) is 10.3 Å². The van der Waals surface area contributed by atoms with E-state index in [4.69, 9.17) is 20.8 Å². The van der Waals surface area contributed by atoms with Crippen LogP contribution in [0.5, 0.6) is 5.75 Å². The van der Waals surface area contributed by atoms with Crippen LogP contribution in [-0.4, -0.2) is 17.0 Å². The molecule has 0 aliphatic rings. The number of hydrogen-bond acceptors (Lipinski definition) is 4. The number of ether oxygens (including phenoxy) is 1. The molecule has 1 N–H and O–H groups in total. The Morgan fingerprint density at radius 3 is 2.68 bits per heavy atom. The van der Waals surface area contributed by atoms with Crippen LogP contribution in [-0.2, 0) is 4.79 Å². The highest BCUT2D eigenvalue weighted by molar-refractivity contribution is 6.30. The standard InChI is InChI=1S/C22H17ClN2O3/c1-14(27-18-8-3-2-4-9-18)21(26)24-17-10-11-20-19(13-17)25-22(28-20)15-6-5-7-16(23)12-15/h2-14H,1H3,(H,24,26). The van der Waals surface area contributed by atoms with E-state index in [0.29, 0.717) is 33.4 Å². The predicted molar refractivity (Wildman–Crippen MR) is 110 cm³/mol. The number of carbonyl (C=O) groups excluding carboxylic acids is 1. The number of rotatable bonds is 5. The Bertz CT molecular complexity index is 1130. The van der Waals surface area contributed by atoms with Gasteiger partial charge in [0.1, 0.15) is 11.3 Å². The molecular weight excluding hydrogens is 376 g/mol. The van der Waals surface area contributed by atoms with Crippen LogP contribution < -0.4 is 10.1 Å². The zero-order chi connectivity index (χ0) is 19.5. The molecule has 0 bridgehead atoms. The second-order valence-corrected chi connectivity index (χ2v) is 6.71. The molecule has 0 spiro atoms. The molecule has 1 heterocycles. The summed E-state index contributed by atoms with van der Waals surface area (Å²) in [6, 6.07) is 21.8. The Morgan fingerprint density at radius 2 is 1.89 bits per heavy atom. The highest BCUT2D eigenvalue weighted by Crippen LogP contribution is 2.27. The lowest BCUT2D eigenvalue weighted by atomic mass is 10.2. The van der Waals surface area contributed by atoms with Crippen LogP contribution in [0.25, 0.3) is 22.6 Å². The van der Waals surface area contributed by atoms with Crippen molar-refractivity contribution in [2.75, 3.05) is 5.32 Å². The van der Waals surface area contributed by atoms with E-state index in [0.717, 1.165) is 5.56 Å². The van der Waals surface area contributed by atoms with E-state index in [1.54, 1.807) is 37.3 Å². The van der Waals surface area contributed by atoms with E-state index in [9.17, 15) is 4.79 Å². The van der Waals surface area contributed by atoms with E-state index >= 15 is 0 Å². The number of nitrogens with one attached hydrogen (secondary N) is 1. The maximum Gasteiger partial charge on any atom is 0.265 e. The maximum atomic E-state index is 12.4. The molecule has 3 aromatic carbocycles. The van der Waals surface area contributed by atoms with E-state index in [-0.39, 0.29) is 5.91 Å². The summed E-state index contributed by atoms with van der Waals surface area (Å²) in [7, 11) is 0. The Labute approximate surface area is 166 Å². The average molecular weight is 393 g/mol. The van der Waals surface area contributed by atoms with Crippen LogP contribution >= 0.6 is 11.6 Å². The van der Waals surface area contributed by atoms with Gasteiger partial charge in [-0.2, -0.15) is 0 Å². The van der Waals surface area contributed by atoms with Crippen LogP contribution in [0, 0.1) is 0 Å². The van der Waals surface area contributed by atoms with Crippen molar-refractivity contribution >= 4 is 34.3 Å². The quantitative estimate of drug-likeness (QED) is 0.483. The molecule has 140 valence electrons. The molecule has 4 aromatic rings. The van der Waals surface area contributed by atoms with Crippen molar-refractivity contribution in [3.8, 4) is 17.2 Å². The molecule has 0 saturated carbocycles. The molecule has 28 heavy (non-hydrogen) atoms. The van der Waals surface area contributed by atoms with E-state index in [1.165, 1.54) is 0 Å². The van der Waals surface area contributed by atoms with Crippen molar-refractivity contribution in [3.63, 3.8) is 0 Å². The second kappa shape index (κ2) is 7.74. The zero-order valence-corrected chi connectivity index (χ0v) is 15.8. The van der Waals surface area contributed by atoms with Crippen molar-refractivity contribution in [1.29, 1.82) is 0 Å². The fraction of sp³-hybridized carbons (Fsp3) is 0.0909. The molecular formula is C22H17ClN2O3. The maximum absolute atomic E-state index is 12.4. The van der Waals surface area contributed by atoms with Crippen molar-refractivity contribution in [1.82, 2.24) is 4.98 Å². The lowest BCUT2D eigenvalue weighted by Crippen LogP contribution is -2.30. The number of para-hydroxylation sites is 1. The minimum Gasteiger partial charge on any atom is -0.481 e. The Hall–Kier alpha value is -3.31. The number of amides is 1. The van der Waals surface area contributed by atoms with Crippen LogP contribution in [0.2, 0.25) is 5.02 Å². The van der Waals surface area contributed by atoms with Crippen LogP contribution in [0.1, 0.15) is 6.92 Å². The summed E-state index contributed by atoms with van der Waals surface area (Å²) < 4.78 is 11.4. The fourth-order valence-electron chi connectivity index (χ4n) is 2.75. The summed E-state index contributed by atoms with van der Waals surface area (Å²) in [6.07, 6.45) is -0.641. The summed E-state index contributed by atoms with van der Waals surface area (Å²) in [5.74, 6) is 0.867. The van der Waals surface area contributed by atoms with Crippen molar-refractivity contribution in [2.24, 2.45) is 0 Å². The number of fused-ring (bicyclic) bond motifs is 1. The van der Waals surface area contributed by atoms with Gasteiger partial charge in [0.15, 0.2) is 11.7 Å². The monoisotopic (exact) mass is 392 g/mol. The molecule has 1 amide bonds. The Kier molecular flexibility index (Phi) is 5.00. The third-order valence-corrected chi connectivity index (χ3v) is 4.39. The van der Waals surface area contributed by atoms with Crippen molar-refractivity contribution in [3.05, 3.63) is 77.8 Å². The number of carbonyl (C=O) groups is 1. The summed E-state index contributed by atoms with van der Waals surface area (Å²) in [6.45, 7) is 1.70. The average Bonchev–Trinajstić information content (AvgIpc) is 3.12. The van der Waals surface area contributed by atoms with Gasteiger partial charge in [0.05, 0.1) is 0 Å². The molecule has 1 aromatic heterocycles.